The van der Waals surface area contributed by atoms with E-state index in [4.69, 9.17) is 5.73 Å². The molecular formula is C8H18N2O2S. The van der Waals surface area contributed by atoms with Crippen LogP contribution in [0, 0.1) is 0 Å². The van der Waals surface area contributed by atoms with Gasteiger partial charge in [0.15, 0.2) is 0 Å². The Kier molecular flexibility index (Phi) is 3.32. The Balaban J connectivity index is 2.82. The molecule has 0 aromatic rings. The van der Waals surface area contributed by atoms with Gasteiger partial charge >= 0.3 is 0 Å². The average molecular weight is 206 g/mol. The normalized spacial score (nSPS) is 25.7. The van der Waals surface area contributed by atoms with Crippen LogP contribution in [0.25, 0.3) is 0 Å². The van der Waals surface area contributed by atoms with Crippen molar-refractivity contribution in [2.24, 2.45) is 5.73 Å². The standard InChI is InChI=1S/C8H18N2O2S/c1-7(2)13(11,12)10-5-3-4-8(10)6-9/h7-8H,3-6,9H2,1-2H3. The summed E-state index contributed by atoms with van der Waals surface area (Å²) in [4.78, 5) is 0. The van der Waals surface area contributed by atoms with E-state index in [-0.39, 0.29) is 11.3 Å². The Morgan fingerprint density at radius 1 is 1.54 bits per heavy atom. The van der Waals surface area contributed by atoms with Gasteiger partial charge in [0.1, 0.15) is 0 Å². The molecule has 1 aliphatic heterocycles. The minimum absolute atomic E-state index is 0.0346. The fourth-order valence-electron chi connectivity index (χ4n) is 1.65. The van der Waals surface area contributed by atoms with Gasteiger partial charge in [-0.2, -0.15) is 4.31 Å². The molecule has 13 heavy (non-hydrogen) atoms. The fraction of sp³-hybridized carbons (Fsp3) is 1.00. The summed E-state index contributed by atoms with van der Waals surface area (Å²) >= 11 is 0. The Bertz CT molecular complexity index is 261. The molecule has 5 heteroatoms. The number of nitrogens with zero attached hydrogens (tertiary/aromatic N) is 1. The Labute approximate surface area is 80.1 Å². The van der Waals surface area contributed by atoms with Crippen molar-refractivity contribution >= 4 is 10.0 Å². The van der Waals surface area contributed by atoms with Crippen molar-refractivity contribution in [2.45, 2.75) is 38.0 Å². The van der Waals surface area contributed by atoms with Gasteiger partial charge in [0, 0.05) is 19.1 Å². The summed E-state index contributed by atoms with van der Waals surface area (Å²) in [6.45, 7) is 4.50. The fourth-order valence-corrected chi connectivity index (χ4v) is 3.18. The van der Waals surface area contributed by atoms with Gasteiger partial charge in [-0.1, -0.05) is 0 Å². The van der Waals surface area contributed by atoms with E-state index >= 15 is 0 Å². The highest BCUT2D eigenvalue weighted by molar-refractivity contribution is 7.89. The van der Waals surface area contributed by atoms with Crippen LogP contribution in [-0.2, 0) is 10.0 Å². The molecule has 0 amide bonds. The molecule has 0 aliphatic carbocycles. The maximum atomic E-state index is 11.8. The van der Waals surface area contributed by atoms with Crippen LogP contribution in [0.5, 0.6) is 0 Å². The van der Waals surface area contributed by atoms with Crippen molar-refractivity contribution in [3.63, 3.8) is 0 Å². The molecule has 1 saturated heterocycles. The van der Waals surface area contributed by atoms with Gasteiger partial charge in [-0.15, -0.1) is 0 Å². The Hall–Kier alpha value is -0.130. The lowest BCUT2D eigenvalue weighted by molar-refractivity contribution is 0.389. The van der Waals surface area contributed by atoms with E-state index in [1.165, 1.54) is 0 Å². The largest absolute Gasteiger partial charge is 0.329 e. The summed E-state index contributed by atoms with van der Waals surface area (Å²) in [5.74, 6) is 0. The minimum Gasteiger partial charge on any atom is -0.329 e. The second-order valence-electron chi connectivity index (χ2n) is 3.74. The van der Waals surface area contributed by atoms with Crippen LogP contribution in [0.4, 0.5) is 0 Å². The van der Waals surface area contributed by atoms with E-state index in [9.17, 15) is 8.42 Å². The van der Waals surface area contributed by atoms with E-state index in [1.54, 1.807) is 18.2 Å². The lowest BCUT2D eigenvalue weighted by Gasteiger charge is -2.24. The number of hydrogen-bond acceptors (Lipinski definition) is 3. The van der Waals surface area contributed by atoms with Crippen LogP contribution in [0.1, 0.15) is 26.7 Å². The van der Waals surface area contributed by atoms with Crippen LogP contribution in [0.2, 0.25) is 0 Å². The van der Waals surface area contributed by atoms with E-state index in [0.717, 1.165) is 12.8 Å². The zero-order chi connectivity index (χ0) is 10.1. The summed E-state index contributed by atoms with van der Waals surface area (Å²) in [5, 5.41) is -0.334. The summed E-state index contributed by atoms with van der Waals surface area (Å²) in [7, 11) is -3.08. The molecule has 0 aromatic carbocycles. The molecular weight excluding hydrogens is 188 g/mol. The predicted octanol–water partition coefficient (Wildman–Crippen LogP) is 0.148. The van der Waals surface area contributed by atoms with Crippen LogP contribution in [0.3, 0.4) is 0 Å². The van der Waals surface area contributed by atoms with Crippen molar-refractivity contribution in [1.82, 2.24) is 4.31 Å². The molecule has 1 unspecified atom stereocenters. The number of rotatable bonds is 3. The SMILES string of the molecule is CC(C)S(=O)(=O)N1CCCC1CN. The third-order valence-electron chi connectivity index (χ3n) is 2.52. The molecule has 78 valence electrons. The number of sulfonamides is 1. The smallest absolute Gasteiger partial charge is 0.216 e. The summed E-state index contributed by atoms with van der Waals surface area (Å²) < 4.78 is 25.1. The molecule has 4 nitrogen and oxygen atoms in total. The van der Waals surface area contributed by atoms with Crippen molar-refractivity contribution in [3.05, 3.63) is 0 Å². The van der Waals surface area contributed by atoms with E-state index in [2.05, 4.69) is 0 Å². The van der Waals surface area contributed by atoms with Gasteiger partial charge in [0.2, 0.25) is 10.0 Å². The maximum Gasteiger partial charge on any atom is 0.216 e. The topological polar surface area (TPSA) is 63.4 Å². The molecule has 0 aromatic heterocycles. The molecule has 0 radical (unpaired) electrons. The lowest BCUT2D eigenvalue weighted by atomic mass is 10.2. The Morgan fingerprint density at radius 3 is 2.62 bits per heavy atom. The lowest BCUT2D eigenvalue weighted by Crippen LogP contribution is -2.43. The quantitative estimate of drug-likeness (QED) is 0.715. The van der Waals surface area contributed by atoms with Gasteiger partial charge in [-0.3, -0.25) is 0 Å². The third-order valence-corrected chi connectivity index (χ3v) is 4.84. The first-order valence-corrected chi connectivity index (χ1v) is 6.21. The van der Waals surface area contributed by atoms with Gasteiger partial charge < -0.3 is 5.73 Å². The molecule has 2 N–H and O–H groups in total. The molecule has 0 bridgehead atoms. The second kappa shape index (κ2) is 3.94. The van der Waals surface area contributed by atoms with Crippen LogP contribution in [0.15, 0.2) is 0 Å². The first kappa shape index (κ1) is 10.9. The molecule has 1 aliphatic rings. The predicted molar refractivity (Wildman–Crippen MR) is 52.8 cm³/mol. The number of nitrogens with two attached hydrogens (primary N) is 1. The molecule has 0 saturated carbocycles. The van der Waals surface area contributed by atoms with Crippen molar-refractivity contribution in [1.29, 1.82) is 0 Å². The maximum absolute atomic E-state index is 11.8. The van der Waals surface area contributed by atoms with Gasteiger partial charge in [0.25, 0.3) is 0 Å². The highest BCUT2D eigenvalue weighted by Crippen LogP contribution is 2.22. The van der Waals surface area contributed by atoms with E-state index in [0.29, 0.717) is 13.1 Å². The monoisotopic (exact) mass is 206 g/mol. The highest BCUT2D eigenvalue weighted by atomic mass is 32.2. The first-order valence-electron chi connectivity index (χ1n) is 4.71. The summed E-state index contributed by atoms with van der Waals surface area (Å²) in [5.41, 5.74) is 5.51. The first-order chi connectivity index (χ1) is 6.00. The van der Waals surface area contributed by atoms with Crippen LogP contribution in [-0.4, -0.2) is 37.1 Å². The average Bonchev–Trinajstić information content (AvgIpc) is 2.51. The van der Waals surface area contributed by atoms with Crippen molar-refractivity contribution < 1.29 is 8.42 Å². The number of hydrogen-bond donors (Lipinski definition) is 1. The van der Waals surface area contributed by atoms with Gasteiger partial charge in [0.05, 0.1) is 5.25 Å². The summed E-state index contributed by atoms with van der Waals surface area (Å²) in [6.07, 6.45) is 1.84. The van der Waals surface area contributed by atoms with Crippen LogP contribution >= 0.6 is 0 Å². The van der Waals surface area contributed by atoms with E-state index < -0.39 is 10.0 Å². The summed E-state index contributed by atoms with van der Waals surface area (Å²) in [6, 6.07) is 0.0346. The van der Waals surface area contributed by atoms with Gasteiger partial charge in [-0.05, 0) is 26.7 Å². The zero-order valence-electron chi connectivity index (χ0n) is 8.23. The zero-order valence-corrected chi connectivity index (χ0v) is 9.05. The van der Waals surface area contributed by atoms with Crippen molar-refractivity contribution in [3.8, 4) is 0 Å². The van der Waals surface area contributed by atoms with Crippen molar-refractivity contribution in [2.75, 3.05) is 13.1 Å². The molecule has 0 spiro atoms. The molecule has 1 fully saturated rings. The van der Waals surface area contributed by atoms with Crippen LogP contribution < -0.4 is 5.73 Å². The molecule has 1 rings (SSSR count). The minimum atomic E-state index is -3.08. The molecule has 1 atom stereocenters. The highest BCUT2D eigenvalue weighted by Gasteiger charge is 2.34. The second-order valence-corrected chi connectivity index (χ2v) is 6.18. The Morgan fingerprint density at radius 2 is 2.15 bits per heavy atom. The van der Waals surface area contributed by atoms with E-state index in [1.807, 2.05) is 0 Å². The third kappa shape index (κ3) is 2.03. The molecule has 1 heterocycles. The van der Waals surface area contributed by atoms with Gasteiger partial charge in [-0.25, -0.2) is 8.42 Å².